The molecule has 0 heterocycles. The Morgan fingerprint density at radius 2 is 2.12 bits per heavy atom. The number of anilines is 1. The molecule has 2 fully saturated rings. The quantitative estimate of drug-likeness (QED) is 0.372. The van der Waals surface area contributed by atoms with Gasteiger partial charge >= 0.3 is 0 Å². The highest BCUT2D eigenvalue weighted by Crippen LogP contribution is 2.56. The molecule has 1 aromatic rings. The van der Waals surface area contributed by atoms with E-state index in [-0.39, 0.29) is 35.4 Å². The molecular formula is C18H27ClIN3O2. The maximum absolute atomic E-state index is 6.15. The van der Waals surface area contributed by atoms with E-state index in [2.05, 4.69) is 12.2 Å². The highest BCUT2D eigenvalue weighted by Gasteiger charge is 2.56. The van der Waals surface area contributed by atoms with Crippen LogP contribution in [0.1, 0.15) is 39.0 Å². The molecule has 25 heavy (non-hydrogen) atoms. The molecule has 0 aromatic heterocycles. The van der Waals surface area contributed by atoms with E-state index in [4.69, 9.17) is 31.8 Å². The van der Waals surface area contributed by atoms with Gasteiger partial charge in [-0.25, -0.2) is 4.99 Å². The van der Waals surface area contributed by atoms with Crippen LogP contribution < -0.4 is 15.8 Å². The van der Waals surface area contributed by atoms with Gasteiger partial charge in [-0.2, -0.15) is 0 Å². The first-order chi connectivity index (χ1) is 11.6. The van der Waals surface area contributed by atoms with Crippen LogP contribution in [0.4, 0.5) is 5.69 Å². The number of guanidine groups is 1. The summed E-state index contributed by atoms with van der Waals surface area (Å²) in [5, 5.41) is 3.68. The van der Waals surface area contributed by atoms with Gasteiger partial charge < -0.3 is 20.5 Å². The van der Waals surface area contributed by atoms with Gasteiger partial charge in [0.2, 0.25) is 0 Å². The molecule has 0 amide bonds. The number of nitrogens with zero attached hydrogens (tertiary/aromatic N) is 1. The van der Waals surface area contributed by atoms with E-state index in [9.17, 15) is 0 Å². The predicted molar refractivity (Wildman–Crippen MR) is 113 cm³/mol. The van der Waals surface area contributed by atoms with Crippen molar-refractivity contribution in [1.82, 2.24) is 0 Å². The van der Waals surface area contributed by atoms with Gasteiger partial charge in [0.25, 0.3) is 0 Å². The fourth-order valence-electron chi connectivity index (χ4n) is 4.12. The Kier molecular flexibility index (Phi) is 7.22. The number of benzene rings is 1. The lowest BCUT2D eigenvalue weighted by Crippen LogP contribution is -2.56. The number of aliphatic imine (C=N–C) groups is 1. The van der Waals surface area contributed by atoms with Crippen molar-refractivity contribution in [3.63, 3.8) is 0 Å². The third kappa shape index (κ3) is 4.17. The van der Waals surface area contributed by atoms with Gasteiger partial charge in [0.05, 0.1) is 24.3 Å². The van der Waals surface area contributed by atoms with E-state index < -0.39 is 0 Å². The van der Waals surface area contributed by atoms with E-state index in [1.807, 2.05) is 12.1 Å². The van der Waals surface area contributed by atoms with Crippen LogP contribution in [-0.2, 0) is 4.74 Å². The summed E-state index contributed by atoms with van der Waals surface area (Å²) in [5.74, 6) is 1.07. The third-order valence-electron chi connectivity index (χ3n) is 5.36. The predicted octanol–water partition coefficient (Wildman–Crippen LogP) is 4.43. The molecule has 2 aliphatic carbocycles. The van der Waals surface area contributed by atoms with E-state index in [1.54, 1.807) is 13.2 Å². The Morgan fingerprint density at radius 1 is 1.40 bits per heavy atom. The number of halogens is 2. The van der Waals surface area contributed by atoms with Crippen LogP contribution >= 0.6 is 35.6 Å². The summed E-state index contributed by atoms with van der Waals surface area (Å²) in [6, 6.07) is 5.73. The van der Waals surface area contributed by atoms with Crippen LogP contribution in [0.25, 0.3) is 0 Å². The number of hydrogen-bond acceptors (Lipinski definition) is 3. The van der Waals surface area contributed by atoms with Crippen LogP contribution in [0.3, 0.4) is 0 Å². The van der Waals surface area contributed by atoms with Crippen LogP contribution in [0.5, 0.6) is 5.75 Å². The molecule has 2 saturated carbocycles. The van der Waals surface area contributed by atoms with Crippen molar-refractivity contribution in [2.45, 2.75) is 51.2 Å². The van der Waals surface area contributed by atoms with Crippen LogP contribution in [0.15, 0.2) is 23.2 Å². The second-order valence-electron chi connectivity index (χ2n) is 6.62. The first kappa shape index (κ1) is 20.6. The van der Waals surface area contributed by atoms with E-state index in [0.717, 1.165) is 18.7 Å². The molecule has 0 saturated heterocycles. The largest absolute Gasteiger partial charge is 0.495 e. The maximum Gasteiger partial charge on any atom is 0.193 e. The number of methoxy groups -OCH3 is 1. The van der Waals surface area contributed by atoms with Gasteiger partial charge in [0.1, 0.15) is 5.75 Å². The molecular weight excluding hydrogens is 453 g/mol. The molecule has 5 nitrogen and oxygen atoms in total. The van der Waals surface area contributed by atoms with Crippen molar-refractivity contribution in [2.24, 2.45) is 16.1 Å². The summed E-state index contributed by atoms with van der Waals surface area (Å²) in [5.41, 5.74) is 7.13. The molecule has 2 aliphatic rings. The maximum atomic E-state index is 6.15. The van der Waals surface area contributed by atoms with E-state index in [0.29, 0.717) is 22.8 Å². The van der Waals surface area contributed by atoms with Gasteiger partial charge in [-0.15, -0.1) is 24.0 Å². The fraction of sp³-hybridized carbons (Fsp3) is 0.611. The fourth-order valence-corrected chi connectivity index (χ4v) is 4.38. The van der Waals surface area contributed by atoms with Gasteiger partial charge in [0.15, 0.2) is 5.96 Å². The summed E-state index contributed by atoms with van der Waals surface area (Å²) >= 11 is 6.15. The molecule has 0 radical (unpaired) electrons. The standard InChI is InChI=1S/C18H26ClN3O2.HI/c1-3-24-16-11-15(18(16)8-4-5-9-18)22-17(20)21-12-6-7-14(23-2)13(19)10-12;/h6-7,10,15-16H,3-5,8-9,11H2,1-2H3,(H3,20,21,22);1H. The van der Waals surface area contributed by atoms with Crippen molar-refractivity contribution in [1.29, 1.82) is 0 Å². The minimum absolute atomic E-state index is 0. The zero-order valence-electron chi connectivity index (χ0n) is 14.8. The van der Waals surface area contributed by atoms with Crippen molar-refractivity contribution in [2.75, 3.05) is 19.0 Å². The smallest absolute Gasteiger partial charge is 0.193 e. The summed E-state index contributed by atoms with van der Waals surface area (Å²) in [4.78, 5) is 4.75. The normalized spacial score (nSPS) is 24.5. The Balaban J connectivity index is 0.00000225. The monoisotopic (exact) mass is 479 g/mol. The molecule has 3 N–H and O–H groups in total. The van der Waals surface area contributed by atoms with E-state index >= 15 is 0 Å². The first-order valence-corrected chi connectivity index (χ1v) is 9.02. The highest BCUT2D eigenvalue weighted by molar-refractivity contribution is 14.0. The number of rotatable bonds is 5. The zero-order valence-corrected chi connectivity index (χ0v) is 17.8. The Labute approximate surface area is 171 Å². The van der Waals surface area contributed by atoms with Crippen LogP contribution in [-0.4, -0.2) is 31.8 Å². The second kappa shape index (κ2) is 8.77. The number of hydrogen-bond donors (Lipinski definition) is 2. The van der Waals surface area contributed by atoms with Gasteiger partial charge in [-0.05, 0) is 44.4 Å². The number of nitrogens with one attached hydrogen (secondary N) is 1. The second-order valence-corrected chi connectivity index (χ2v) is 7.03. The molecule has 2 unspecified atom stereocenters. The summed E-state index contributed by atoms with van der Waals surface area (Å²) in [6.07, 6.45) is 6.19. The van der Waals surface area contributed by atoms with Gasteiger partial charge in [-0.3, -0.25) is 0 Å². The Morgan fingerprint density at radius 3 is 2.72 bits per heavy atom. The van der Waals surface area contributed by atoms with Crippen molar-refractivity contribution in [3.8, 4) is 5.75 Å². The molecule has 1 aromatic carbocycles. The van der Waals surface area contributed by atoms with Gasteiger partial charge in [-0.1, -0.05) is 24.4 Å². The average molecular weight is 480 g/mol. The summed E-state index contributed by atoms with van der Waals surface area (Å²) in [7, 11) is 1.59. The lowest BCUT2D eigenvalue weighted by molar-refractivity contribution is -0.119. The van der Waals surface area contributed by atoms with Crippen molar-refractivity contribution in [3.05, 3.63) is 23.2 Å². The minimum Gasteiger partial charge on any atom is -0.495 e. The van der Waals surface area contributed by atoms with Crippen molar-refractivity contribution >= 4 is 47.2 Å². The minimum atomic E-state index is 0. The van der Waals surface area contributed by atoms with Crippen LogP contribution in [0.2, 0.25) is 5.02 Å². The Hall–Kier alpha value is -0.730. The molecule has 1 spiro atoms. The lowest BCUT2D eigenvalue weighted by Gasteiger charge is -2.52. The van der Waals surface area contributed by atoms with Crippen LogP contribution in [0, 0.1) is 5.41 Å². The molecule has 7 heteroatoms. The average Bonchev–Trinajstić information content (AvgIpc) is 3.07. The molecule has 140 valence electrons. The lowest BCUT2D eigenvalue weighted by atomic mass is 9.61. The number of nitrogens with two attached hydrogens (primary N) is 1. The zero-order chi connectivity index (χ0) is 17.2. The molecule has 0 bridgehead atoms. The summed E-state index contributed by atoms with van der Waals surface area (Å²) < 4.78 is 11.1. The SMILES string of the molecule is CCOC1CC(N=C(N)Nc2ccc(OC)c(Cl)c2)C12CCCC2.I. The summed E-state index contributed by atoms with van der Waals surface area (Å²) in [6.45, 7) is 2.82. The van der Waals surface area contributed by atoms with Crippen molar-refractivity contribution < 1.29 is 9.47 Å². The molecule has 3 rings (SSSR count). The first-order valence-electron chi connectivity index (χ1n) is 8.64. The van der Waals surface area contributed by atoms with Gasteiger partial charge in [0, 0.05) is 17.7 Å². The number of ether oxygens (including phenoxy) is 2. The highest BCUT2D eigenvalue weighted by atomic mass is 127. The molecule has 2 atom stereocenters. The molecule has 0 aliphatic heterocycles. The topological polar surface area (TPSA) is 68.9 Å². The Bertz CT molecular complexity index is 620. The van der Waals surface area contributed by atoms with E-state index in [1.165, 1.54) is 25.7 Å². The third-order valence-corrected chi connectivity index (χ3v) is 5.66.